The fraction of sp³-hybridized carbons (Fsp3) is 0.318. The van der Waals surface area contributed by atoms with E-state index in [-0.39, 0.29) is 11.7 Å². The first-order valence-corrected chi connectivity index (χ1v) is 11.0. The molecular formula is C22H23ClN8O2. The highest BCUT2D eigenvalue weighted by Gasteiger charge is 2.20. The van der Waals surface area contributed by atoms with E-state index in [0.29, 0.717) is 53.3 Å². The lowest BCUT2D eigenvalue weighted by atomic mass is 10.0. The number of anilines is 1. The Kier molecular flexibility index (Phi) is 5.79. The van der Waals surface area contributed by atoms with Gasteiger partial charge in [-0.3, -0.25) is 14.0 Å². The van der Waals surface area contributed by atoms with Crippen LogP contribution in [0, 0.1) is 0 Å². The molecule has 1 aliphatic heterocycles. The first-order chi connectivity index (χ1) is 16.0. The zero-order valence-corrected chi connectivity index (χ0v) is 19.0. The van der Waals surface area contributed by atoms with Gasteiger partial charge in [-0.2, -0.15) is 10.1 Å². The highest BCUT2D eigenvalue weighted by atomic mass is 35.5. The lowest BCUT2D eigenvalue weighted by Crippen LogP contribution is -2.42. The maximum Gasteiger partial charge on any atom is 0.260 e. The predicted octanol–water partition coefficient (Wildman–Crippen LogP) is 1.94. The summed E-state index contributed by atoms with van der Waals surface area (Å²) in [4.78, 5) is 26.8. The second-order valence-electron chi connectivity index (χ2n) is 7.83. The Morgan fingerprint density at radius 3 is 2.85 bits per heavy atom. The van der Waals surface area contributed by atoms with Gasteiger partial charge in [0.15, 0.2) is 5.82 Å². The van der Waals surface area contributed by atoms with Crippen LogP contribution < -0.4 is 16.2 Å². The number of aryl methyl sites for hydroxylation is 1. The highest BCUT2D eigenvalue weighted by molar-refractivity contribution is 6.33. The van der Waals surface area contributed by atoms with E-state index in [4.69, 9.17) is 16.3 Å². The van der Waals surface area contributed by atoms with Crippen LogP contribution in [0.2, 0.25) is 5.02 Å². The van der Waals surface area contributed by atoms with Crippen LogP contribution in [0.15, 0.2) is 41.6 Å². The van der Waals surface area contributed by atoms with Crippen molar-refractivity contribution >= 4 is 28.6 Å². The molecule has 2 N–H and O–H groups in total. The number of benzene rings is 1. The number of pyridine rings is 1. The fourth-order valence-corrected chi connectivity index (χ4v) is 4.21. The van der Waals surface area contributed by atoms with Crippen LogP contribution in [0.5, 0.6) is 0 Å². The number of nitrogens with one attached hydrogen (secondary N) is 2. The van der Waals surface area contributed by atoms with Crippen LogP contribution in [0.3, 0.4) is 0 Å². The lowest BCUT2D eigenvalue weighted by Gasteiger charge is -2.25. The van der Waals surface area contributed by atoms with Crippen molar-refractivity contribution in [3.05, 3.63) is 52.2 Å². The Bertz CT molecular complexity index is 1380. The number of fused-ring (bicyclic) bond motifs is 1. The summed E-state index contributed by atoms with van der Waals surface area (Å²) in [6, 6.07) is 7.24. The van der Waals surface area contributed by atoms with E-state index in [0.717, 1.165) is 17.5 Å². The van der Waals surface area contributed by atoms with E-state index >= 15 is 0 Å². The van der Waals surface area contributed by atoms with E-state index in [2.05, 4.69) is 30.7 Å². The molecule has 0 aliphatic carbocycles. The largest absolute Gasteiger partial charge is 0.374 e. The topological polar surface area (TPSA) is 112 Å². The van der Waals surface area contributed by atoms with Crippen molar-refractivity contribution in [3.8, 4) is 22.5 Å². The summed E-state index contributed by atoms with van der Waals surface area (Å²) in [5.41, 5.74) is 2.22. The van der Waals surface area contributed by atoms with E-state index in [1.807, 2.05) is 12.1 Å². The zero-order valence-electron chi connectivity index (χ0n) is 18.2. The van der Waals surface area contributed by atoms with Crippen molar-refractivity contribution in [2.24, 2.45) is 7.05 Å². The average Bonchev–Trinajstić information content (AvgIpc) is 3.27. The smallest absolute Gasteiger partial charge is 0.260 e. The van der Waals surface area contributed by atoms with Gasteiger partial charge in [-0.15, -0.1) is 0 Å². The van der Waals surface area contributed by atoms with E-state index < -0.39 is 0 Å². The number of hydrogen-bond acceptors (Lipinski definition) is 8. The molecule has 1 fully saturated rings. The summed E-state index contributed by atoms with van der Waals surface area (Å²) in [6.45, 7) is 2.42. The van der Waals surface area contributed by atoms with Gasteiger partial charge in [0.25, 0.3) is 5.56 Å². The second kappa shape index (κ2) is 8.89. The molecule has 0 radical (unpaired) electrons. The van der Waals surface area contributed by atoms with E-state index in [1.54, 1.807) is 48.0 Å². The summed E-state index contributed by atoms with van der Waals surface area (Å²) in [5.74, 6) is 1.01. The third kappa shape index (κ3) is 4.20. The number of ether oxygens (including phenoxy) is 1. The molecule has 10 nitrogen and oxygen atoms in total. The molecule has 1 atom stereocenters. The molecule has 4 aromatic rings. The Hall–Kier alpha value is -3.34. The minimum absolute atomic E-state index is 0.143. The molecule has 1 aliphatic rings. The van der Waals surface area contributed by atoms with Crippen LogP contribution in [0.25, 0.3) is 33.5 Å². The summed E-state index contributed by atoms with van der Waals surface area (Å²) in [6.07, 6.45) is 3.19. The normalized spacial score (nSPS) is 16.3. The van der Waals surface area contributed by atoms with Gasteiger partial charge in [-0.05, 0) is 12.1 Å². The summed E-state index contributed by atoms with van der Waals surface area (Å²) < 4.78 is 9.13. The number of nitrogens with zero attached hydrogens (tertiary/aromatic N) is 6. The third-order valence-corrected chi connectivity index (χ3v) is 5.87. The van der Waals surface area contributed by atoms with Crippen molar-refractivity contribution in [1.82, 2.24) is 34.6 Å². The van der Waals surface area contributed by atoms with Gasteiger partial charge in [0.05, 0.1) is 19.3 Å². The van der Waals surface area contributed by atoms with Gasteiger partial charge in [0.2, 0.25) is 5.95 Å². The van der Waals surface area contributed by atoms with Gasteiger partial charge in [-0.25, -0.2) is 9.97 Å². The van der Waals surface area contributed by atoms with Crippen LogP contribution in [-0.4, -0.2) is 62.1 Å². The Morgan fingerprint density at radius 1 is 1.27 bits per heavy atom. The molecular weight excluding hydrogens is 444 g/mol. The Balaban J connectivity index is 1.63. The van der Waals surface area contributed by atoms with Crippen LogP contribution >= 0.6 is 11.6 Å². The Labute approximate surface area is 194 Å². The van der Waals surface area contributed by atoms with Crippen LogP contribution in [0.1, 0.15) is 0 Å². The van der Waals surface area contributed by atoms with Gasteiger partial charge in [-0.1, -0.05) is 23.7 Å². The van der Waals surface area contributed by atoms with Gasteiger partial charge in [0, 0.05) is 60.5 Å². The molecule has 1 unspecified atom stereocenters. The first kappa shape index (κ1) is 21.5. The minimum Gasteiger partial charge on any atom is -0.374 e. The fourth-order valence-electron chi connectivity index (χ4n) is 3.93. The molecule has 3 aromatic heterocycles. The molecule has 33 heavy (non-hydrogen) atoms. The Morgan fingerprint density at radius 2 is 2.15 bits per heavy atom. The van der Waals surface area contributed by atoms with Gasteiger partial charge >= 0.3 is 0 Å². The first-order valence-electron chi connectivity index (χ1n) is 10.6. The molecule has 1 saturated heterocycles. The number of halogens is 1. The monoisotopic (exact) mass is 466 g/mol. The van der Waals surface area contributed by atoms with Crippen LogP contribution in [-0.2, 0) is 18.3 Å². The standard InChI is InChI=1S/C22H23ClN8O2/c1-24-22-26-9-14-7-17(16-4-3-13(8-18(16)23)19-27-12-30(2)29-19)21(32)31(20(14)28-22)11-15-10-25-5-6-33-15/h3-4,7-9,12,15,25H,5-6,10-11H2,1-2H3,(H,24,26,28). The zero-order chi connectivity index (χ0) is 22.9. The third-order valence-electron chi connectivity index (χ3n) is 5.56. The summed E-state index contributed by atoms with van der Waals surface area (Å²) >= 11 is 6.65. The van der Waals surface area contributed by atoms with E-state index in [1.165, 1.54) is 0 Å². The maximum atomic E-state index is 13.7. The van der Waals surface area contributed by atoms with Crippen molar-refractivity contribution in [2.45, 2.75) is 12.6 Å². The molecule has 170 valence electrons. The van der Waals surface area contributed by atoms with Crippen molar-refractivity contribution < 1.29 is 4.74 Å². The minimum atomic E-state index is -0.192. The molecule has 11 heteroatoms. The molecule has 5 rings (SSSR count). The molecule has 0 saturated carbocycles. The number of hydrogen-bond donors (Lipinski definition) is 2. The number of rotatable bonds is 5. The summed E-state index contributed by atoms with van der Waals surface area (Å²) in [5, 5.41) is 11.7. The average molecular weight is 467 g/mol. The molecule has 0 spiro atoms. The van der Waals surface area contributed by atoms with Crippen molar-refractivity contribution in [2.75, 3.05) is 32.1 Å². The highest BCUT2D eigenvalue weighted by Crippen LogP contribution is 2.31. The molecule has 4 heterocycles. The van der Waals surface area contributed by atoms with Crippen LogP contribution in [0.4, 0.5) is 5.95 Å². The molecule has 1 aromatic carbocycles. The lowest BCUT2D eigenvalue weighted by molar-refractivity contribution is 0.0183. The molecule has 0 bridgehead atoms. The van der Waals surface area contributed by atoms with Crippen molar-refractivity contribution in [1.29, 1.82) is 0 Å². The second-order valence-corrected chi connectivity index (χ2v) is 8.24. The molecule has 0 amide bonds. The van der Waals surface area contributed by atoms with E-state index in [9.17, 15) is 4.79 Å². The summed E-state index contributed by atoms with van der Waals surface area (Å²) in [7, 11) is 3.54. The maximum absolute atomic E-state index is 13.7. The quantitative estimate of drug-likeness (QED) is 0.459. The van der Waals surface area contributed by atoms with Crippen molar-refractivity contribution in [3.63, 3.8) is 0 Å². The number of aromatic nitrogens is 6. The predicted molar refractivity (Wildman–Crippen MR) is 126 cm³/mol. The van der Waals surface area contributed by atoms with Gasteiger partial charge < -0.3 is 15.4 Å². The SMILES string of the molecule is CNc1ncc2cc(-c3ccc(-c4ncn(C)n4)cc3Cl)c(=O)n(CC3CNCCO3)c2n1. The van der Waals surface area contributed by atoms with Gasteiger partial charge in [0.1, 0.15) is 12.0 Å². The number of morpholine rings is 1.